The van der Waals surface area contributed by atoms with Gasteiger partial charge in [0.15, 0.2) is 5.16 Å². The number of phenols is 1. The molecule has 2 atom stereocenters. The second-order valence-electron chi connectivity index (χ2n) is 7.98. The molecule has 0 spiro atoms. The van der Waals surface area contributed by atoms with Crippen LogP contribution in [0.4, 0.5) is 0 Å². The smallest absolute Gasteiger partial charge is 0.320 e. The van der Waals surface area contributed by atoms with Crippen molar-refractivity contribution in [1.82, 2.24) is 14.5 Å². The largest absolute Gasteiger partial charge is 0.508 e. The Morgan fingerprint density at radius 3 is 2.77 bits per heavy atom. The third kappa shape index (κ3) is 4.44. The predicted octanol–water partition coefficient (Wildman–Crippen LogP) is 1.83. The van der Waals surface area contributed by atoms with Gasteiger partial charge in [-0.3, -0.25) is 14.3 Å². The highest BCUT2D eigenvalue weighted by molar-refractivity contribution is 7.61. The van der Waals surface area contributed by atoms with E-state index in [9.17, 15) is 24.5 Å². The number of aliphatic carboxylic acids is 1. The summed E-state index contributed by atoms with van der Waals surface area (Å²) >= 11 is 0. The van der Waals surface area contributed by atoms with Crippen LogP contribution in [0.15, 0.2) is 30.7 Å². The van der Waals surface area contributed by atoms with E-state index in [1.165, 1.54) is 0 Å². The average molecular weight is 436 g/mol. The number of aryl methyl sites for hydroxylation is 1. The highest BCUT2D eigenvalue weighted by Crippen LogP contribution is 2.59. The van der Waals surface area contributed by atoms with E-state index in [2.05, 4.69) is 4.98 Å². The lowest BCUT2D eigenvalue weighted by Crippen LogP contribution is -2.53. The van der Waals surface area contributed by atoms with Crippen molar-refractivity contribution in [3.05, 3.63) is 36.3 Å². The van der Waals surface area contributed by atoms with Crippen LogP contribution < -0.4 is 5.73 Å². The van der Waals surface area contributed by atoms with Gasteiger partial charge >= 0.3 is 5.97 Å². The molecule has 0 saturated carbocycles. The van der Waals surface area contributed by atoms with Gasteiger partial charge in [-0.15, -0.1) is 0 Å². The molecule has 9 nitrogen and oxygen atoms in total. The number of hydrogen-bond donors (Lipinski definition) is 4. The maximum atomic E-state index is 12.9. The Bertz CT molecular complexity index is 962. The number of aromatic hydroxyl groups is 1. The minimum atomic E-state index is -3.88. The number of rotatable bonds is 8. The monoisotopic (exact) mass is 436 g/mol. The molecule has 164 valence electrons. The highest BCUT2D eigenvalue weighted by Gasteiger charge is 2.56. The van der Waals surface area contributed by atoms with Crippen LogP contribution in [0.5, 0.6) is 5.75 Å². The van der Waals surface area contributed by atoms with E-state index in [1.807, 2.05) is 18.1 Å². The minimum absolute atomic E-state index is 0.0107. The van der Waals surface area contributed by atoms with Crippen molar-refractivity contribution in [3.8, 4) is 17.0 Å². The van der Waals surface area contributed by atoms with Crippen molar-refractivity contribution < 1.29 is 24.5 Å². The molecule has 0 aliphatic carbocycles. The number of unbranched alkanes of at least 4 members (excludes halogenated alkanes) is 1. The lowest BCUT2D eigenvalue weighted by atomic mass is 9.98. The number of phenolic OH excluding ortho intramolecular Hbond substituents is 1. The van der Waals surface area contributed by atoms with E-state index >= 15 is 0 Å². The minimum Gasteiger partial charge on any atom is -0.508 e. The van der Waals surface area contributed by atoms with E-state index in [4.69, 9.17) is 5.73 Å². The molecule has 1 aliphatic heterocycles. The predicted molar refractivity (Wildman–Crippen MR) is 114 cm³/mol. The average Bonchev–Trinajstić information content (AvgIpc) is 3.11. The first kappa shape index (κ1) is 22.5. The zero-order chi connectivity index (χ0) is 21.9. The Balaban J connectivity index is 1.89. The van der Waals surface area contributed by atoms with Gasteiger partial charge in [-0.2, -0.15) is 0 Å². The molecule has 0 radical (unpaired) electrons. The Kier molecular flexibility index (Phi) is 6.67. The molecule has 0 bridgehead atoms. The van der Waals surface area contributed by atoms with Crippen molar-refractivity contribution in [2.45, 2.75) is 31.0 Å². The van der Waals surface area contributed by atoms with Gasteiger partial charge in [-0.25, -0.2) is 4.98 Å². The fraction of sp³-hybridized carbons (Fsp3) is 0.500. The normalized spacial score (nSPS) is 24.8. The SMILES string of the molecule is Cn1cnc(-c2cc(O)ccc2CN2CCP(=O)(O)[C@](CCCCN)(C(=O)O)C2)c1. The summed E-state index contributed by atoms with van der Waals surface area (Å²) in [7, 11) is -2.03. The van der Waals surface area contributed by atoms with Gasteiger partial charge < -0.3 is 25.4 Å². The molecule has 1 fully saturated rings. The molecule has 10 heteroatoms. The molecule has 30 heavy (non-hydrogen) atoms. The van der Waals surface area contributed by atoms with Crippen molar-refractivity contribution in [1.29, 1.82) is 0 Å². The van der Waals surface area contributed by atoms with Crippen LogP contribution in [0.25, 0.3) is 11.3 Å². The molecule has 2 heterocycles. The van der Waals surface area contributed by atoms with Crippen molar-refractivity contribution in [2.24, 2.45) is 12.8 Å². The number of aromatic nitrogens is 2. The van der Waals surface area contributed by atoms with E-state index in [0.29, 0.717) is 38.2 Å². The van der Waals surface area contributed by atoms with Gasteiger partial charge in [0.2, 0.25) is 7.37 Å². The standard InChI is InChI=1S/C20H29N4O5P/c1-23-12-18(22-14-23)17-10-16(25)5-4-15(17)11-24-8-9-30(28,29)20(13-24,19(26)27)6-2-3-7-21/h4-5,10,12,14,25H,2-3,6-9,11,13,21H2,1H3,(H,26,27)(H,28,29)/t20-/m0/s1. The summed E-state index contributed by atoms with van der Waals surface area (Å²) in [6, 6.07) is 4.99. The second kappa shape index (κ2) is 8.89. The van der Waals surface area contributed by atoms with Gasteiger partial charge in [-0.1, -0.05) is 12.5 Å². The van der Waals surface area contributed by atoms with Crippen LogP contribution in [0.3, 0.4) is 0 Å². The van der Waals surface area contributed by atoms with Crippen LogP contribution in [0.1, 0.15) is 24.8 Å². The molecule has 3 rings (SSSR count). The van der Waals surface area contributed by atoms with Crippen LogP contribution in [0.2, 0.25) is 0 Å². The number of carboxylic acid groups (broad SMARTS) is 1. The first-order valence-electron chi connectivity index (χ1n) is 9.96. The number of hydrogen-bond acceptors (Lipinski definition) is 6. The van der Waals surface area contributed by atoms with Crippen LogP contribution >= 0.6 is 7.37 Å². The Hall–Kier alpha value is -2.19. The van der Waals surface area contributed by atoms with Crippen molar-refractivity contribution >= 4 is 13.3 Å². The van der Waals surface area contributed by atoms with E-state index in [0.717, 1.165) is 11.1 Å². The van der Waals surface area contributed by atoms with E-state index < -0.39 is 18.5 Å². The summed E-state index contributed by atoms with van der Waals surface area (Å²) in [5, 5.41) is 18.2. The summed E-state index contributed by atoms with van der Waals surface area (Å²) in [6.07, 6.45) is 4.64. The fourth-order valence-electron chi connectivity index (χ4n) is 4.06. The van der Waals surface area contributed by atoms with Crippen LogP contribution in [-0.4, -0.2) is 66.5 Å². The van der Waals surface area contributed by atoms with Crippen molar-refractivity contribution in [2.75, 3.05) is 25.8 Å². The molecule has 1 unspecified atom stereocenters. The number of imidazole rings is 1. The zero-order valence-corrected chi connectivity index (χ0v) is 18.0. The van der Waals surface area contributed by atoms with Crippen LogP contribution in [-0.2, 0) is 23.0 Å². The Labute approximate surface area is 175 Å². The molecule has 1 aromatic carbocycles. The fourth-order valence-corrected chi connectivity index (χ4v) is 6.27. The van der Waals surface area contributed by atoms with E-state index in [-0.39, 0.29) is 24.9 Å². The summed E-state index contributed by atoms with van der Waals surface area (Å²) < 4.78 is 14.7. The van der Waals surface area contributed by atoms with Gasteiger partial charge in [0, 0.05) is 44.6 Å². The van der Waals surface area contributed by atoms with Gasteiger partial charge in [0.05, 0.1) is 12.0 Å². The van der Waals surface area contributed by atoms with Gasteiger partial charge in [0.25, 0.3) is 0 Å². The Morgan fingerprint density at radius 1 is 1.37 bits per heavy atom. The molecule has 5 N–H and O–H groups in total. The number of benzene rings is 1. The van der Waals surface area contributed by atoms with Gasteiger partial charge in [-0.05, 0) is 37.1 Å². The molecule has 1 aromatic heterocycles. The third-order valence-corrected chi connectivity index (χ3v) is 8.48. The summed E-state index contributed by atoms with van der Waals surface area (Å²) in [4.78, 5) is 29.0. The lowest BCUT2D eigenvalue weighted by molar-refractivity contribution is -0.141. The molecule has 1 saturated heterocycles. The first-order valence-corrected chi connectivity index (χ1v) is 11.8. The summed E-state index contributed by atoms with van der Waals surface area (Å²) in [6.45, 7) is 1.11. The molecule has 0 amide bonds. The molecule has 1 aliphatic rings. The summed E-state index contributed by atoms with van der Waals surface area (Å²) in [5.41, 5.74) is 7.83. The quantitative estimate of drug-likeness (QED) is 0.363. The highest BCUT2D eigenvalue weighted by atomic mass is 31.2. The number of nitrogens with zero attached hydrogens (tertiary/aromatic N) is 3. The van der Waals surface area contributed by atoms with Crippen LogP contribution in [0, 0.1) is 0 Å². The third-order valence-electron chi connectivity index (χ3n) is 5.78. The Morgan fingerprint density at radius 2 is 2.13 bits per heavy atom. The zero-order valence-electron chi connectivity index (χ0n) is 17.1. The number of carbonyl (C=O) groups is 1. The van der Waals surface area contributed by atoms with Crippen molar-refractivity contribution in [3.63, 3.8) is 0 Å². The second-order valence-corrected chi connectivity index (χ2v) is 10.7. The lowest BCUT2D eigenvalue weighted by Gasteiger charge is -2.43. The number of nitrogens with two attached hydrogens (primary N) is 1. The van der Waals surface area contributed by atoms with Gasteiger partial charge in [0.1, 0.15) is 5.75 Å². The molecular weight excluding hydrogens is 407 g/mol. The molecular formula is C20H29N4O5P. The maximum absolute atomic E-state index is 12.9. The topological polar surface area (TPSA) is 142 Å². The van der Waals surface area contributed by atoms with E-state index in [1.54, 1.807) is 29.1 Å². The maximum Gasteiger partial charge on any atom is 0.320 e. The summed E-state index contributed by atoms with van der Waals surface area (Å²) in [5.74, 6) is -1.12. The number of carboxylic acids is 1. The first-order chi connectivity index (χ1) is 14.2. The molecule has 2 aromatic rings.